The van der Waals surface area contributed by atoms with Gasteiger partial charge in [0.2, 0.25) is 0 Å². The molecule has 0 aliphatic rings. The molecule has 0 saturated heterocycles. The highest BCUT2D eigenvalue weighted by molar-refractivity contribution is 4.20. The third-order valence-corrected chi connectivity index (χ3v) is 0.894. The maximum Gasteiger partial charge on any atom is 0.0777 e. The zero-order valence-electron chi connectivity index (χ0n) is 9.86. The molecule has 0 radical (unpaired) electrons. The van der Waals surface area contributed by atoms with E-state index in [1.54, 1.807) is 0 Å². The second-order valence-corrected chi connectivity index (χ2v) is 3.01. The van der Waals surface area contributed by atoms with Gasteiger partial charge in [0.05, 0.1) is 27.7 Å². The van der Waals surface area contributed by atoms with Gasteiger partial charge in [-0.2, -0.15) is 0 Å². The largest absolute Gasteiger partial charge is 0.331 e. The summed E-state index contributed by atoms with van der Waals surface area (Å²) >= 11 is 0. The monoisotopic (exact) mass is 162 g/mol. The third-order valence-electron chi connectivity index (χ3n) is 0.894. The lowest BCUT2D eigenvalue weighted by atomic mass is 10.4. The van der Waals surface area contributed by atoms with Crippen molar-refractivity contribution in [3.05, 3.63) is 0 Å². The number of hydrogen-bond acceptors (Lipinski definition) is 0. The van der Waals surface area contributed by atoms with Crippen molar-refractivity contribution < 1.29 is 4.48 Å². The van der Waals surface area contributed by atoms with Crippen LogP contribution in [0.25, 0.3) is 0 Å². The van der Waals surface area contributed by atoms with Crippen LogP contribution in [0.1, 0.15) is 41.0 Å². The zero-order valence-corrected chi connectivity index (χ0v) is 9.86. The highest BCUT2D eigenvalue weighted by atomic mass is 15.3. The molecule has 0 atom stereocenters. The van der Waals surface area contributed by atoms with Gasteiger partial charge in [-0.05, 0) is 6.42 Å². The van der Waals surface area contributed by atoms with Gasteiger partial charge in [0, 0.05) is 0 Å². The molecule has 1 heteroatoms. The molecule has 0 aliphatic carbocycles. The SMILES string of the molecule is CC.CC.CCC[N+](C)(C)C. The molecule has 0 unspecified atom stereocenters. The van der Waals surface area contributed by atoms with Crippen molar-refractivity contribution in [2.24, 2.45) is 0 Å². The average molecular weight is 162 g/mol. The van der Waals surface area contributed by atoms with Gasteiger partial charge in [0.15, 0.2) is 0 Å². The number of hydrogen-bond donors (Lipinski definition) is 0. The lowest BCUT2D eigenvalue weighted by molar-refractivity contribution is -0.870. The minimum absolute atomic E-state index is 1.09. The highest BCUT2D eigenvalue weighted by Crippen LogP contribution is 1.90. The number of nitrogens with zero attached hydrogens (tertiary/aromatic N) is 1. The van der Waals surface area contributed by atoms with Crippen molar-refractivity contribution >= 4 is 0 Å². The second kappa shape index (κ2) is 12.6. The average Bonchev–Trinajstić information content (AvgIpc) is 1.94. The van der Waals surface area contributed by atoms with Crippen molar-refractivity contribution in [2.45, 2.75) is 41.0 Å². The maximum absolute atomic E-state index is 2.21. The predicted molar refractivity (Wildman–Crippen MR) is 55.9 cm³/mol. The molecule has 0 saturated carbocycles. The van der Waals surface area contributed by atoms with E-state index < -0.39 is 0 Å². The van der Waals surface area contributed by atoms with Gasteiger partial charge in [-0.15, -0.1) is 0 Å². The standard InChI is InChI=1S/C6H16N.2C2H6/c1-5-6-7(2,3)4;2*1-2/h5-6H2,1-4H3;2*1-2H3/q+1;;. The Morgan fingerprint density at radius 1 is 0.818 bits per heavy atom. The summed E-state index contributed by atoms with van der Waals surface area (Å²) in [5, 5.41) is 0. The minimum atomic E-state index is 1.09. The summed E-state index contributed by atoms with van der Waals surface area (Å²) in [7, 11) is 6.64. The Labute approximate surface area is 74.0 Å². The first-order valence-corrected chi connectivity index (χ1v) is 4.86. The summed E-state index contributed by atoms with van der Waals surface area (Å²) < 4.78 is 1.09. The van der Waals surface area contributed by atoms with Gasteiger partial charge in [0.25, 0.3) is 0 Å². The highest BCUT2D eigenvalue weighted by Gasteiger charge is 2.01. The quantitative estimate of drug-likeness (QED) is 0.547. The molecular weight excluding hydrogens is 134 g/mol. The van der Waals surface area contributed by atoms with Crippen LogP contribution in [0, 0.1) is 0 Å². The fourth-order valence-electron chi connectivity index (χ4n) is 0.671. The molecule has 0 bridgehead atoms. The minimum Gasteiger partial charge on any atom is -0.331 e. The first kappa shape index (κ1) is 17.2. The Hall–Kier alpha value is -0.0400. The van der Waals surface area contributed by atoms with Gasteiger partial charge in [0.1, 0.15) is 0 Å². The maximum atomic E-state index is 2.21. The van der Waals surface area contributed by atoms with E-state index in [0.717, 1.165) is 4.48 Å². The Bertz CT molecular complexity index is 43.3. The molecule has 11 heavy (non-hydrogen) atoms. The fourth-order valence-corrected chi connectivity index (χ4v) is 0.671. The van der Waals surface area contributed by atoms with E-state index in [0.29, 0.717) is 0 Å². The van der Waals surface area contributed by atoms with Crippen LogP contribution in [-0.4, -0.2) is 32.2 Å². The van der Waals surface area contributed by atoms with Crippen LogP contribution in [-0.2, 0) is 0 Å². The van der Waals surface area contributed by atoms with Crippen LogP contribution < -0.4 is 0 Å². The van der Waals surface area contributed by atoms with Gasteiger partial charge >= 0.3 is 0 Å². The molecule has 0 fully saturated rings. The van der Waals surface area contributed by atoms with Crippen LogP contribution in [0.15, 0.2) is 0 Å². The molecule has 0 aliphatic heterocycles. The van der Waals surface area contributed by atoms with Crippen molar-refractivity contribution in [3.8, 4) is 0 Å². The Morgan fingerprint density at radius 3 is 1.09 bits per heavy atom. The third kappa shape index (κ3) is 40.2. The number of quaternary nitrogens is 1. The molecule has 0 spiro atoms. The van der Waals surface area contributed by atoms with Crippen molar-refractivity contribution in [1.29, 1.82) is 0 Å². The van der Waals surface area contributed by atoms with E-state index in [9.17, 15) is 0 Å². The molecule has 1 nitrogen and oxygen atoms in total. The van der Waals surface area contributed by atoms with Gasteiger partial charge < -0.3 is 4.48 Å². The smallest absolute Gasteiger partial charge is 0.0777 e. The van der Waals surface area contributed by atoms with Crippen LogP contribution in [0.5, 0.6) is 0 Å². The lowest BCUT2D eigenvalue weighted by Crippen LogP contribution is -2.34. The first-order chi connectivity index (χ1) is 5.06. The van der Waals surface area contributed by atoms with Crippen molar-refractivity contribution in [2.75, 3.05) is 27.7 Å². The number of rotatable bonds is 2. The van der Waals surface area contributed by atoms with Gasteiger partial charge in [-0.25, -0.2) is 0 Å². The Balaban J connectivity index is -0.000000138. The molecule has 0 N–H and O–H groups in total. The van der Waals surface area contributed by atoms with E-state index in [1.165, 1.54) is 13.0 Å². The molecule has 0 amide bonds. The summed E-state index contributed by atoms with van der Waals surface area (Å²) in [5.41, 5.74) is 0. The summed E-state index contributed by atoms with van der Waals surface area (Å²) in [6, 6.07) is 0. The Morgan fingerprint density at radius 2 is 1.09 bits per heavy atom. The Kier molecular flexibility index (Phi) is 19.7. The van der Waals surface area contributed by atoms with Crippen molar-refractivity contribution in [3.63, 3.8) is 0 Å². The normalized spacial score (nSPS) is 8.73. The molecule has 0 rings (SSSR count). The van der Waals surface area contributed by atoms with Gasteiger partial charge in [-0.3, -0.25) is 0 Å². The fraction of sp³-hybridized carbons (Fsp3) is 1.00. The van der Waals surface area contributed by atoms with Crippen molar-refractivity contribution in [1.82, 2.24) is 0 Å². The van der Waals surface area contributed by atoms with E-state index in [2.05, 4.69) is 28.1 Å². The van der Waals surface area contributed by atoms with Crippen LogP contribution >= 0.6 is 0 Å². The topological polar surface area (TPSA) is 0 Å². The molecule has 0 aromatic carbocycles. The summed E-state index contributed by atoms with van der Waals surface area (Å²) in [5.74, 6) is 0. The molecule has 0 heterocycles. The first-order valence-electron chi connectivity index (χ1n) is 4.86. The van der Waals surface area contributed by atoms with E-state index in [-0.39, 0.29) is 0 Å². The lowest BCUT2D eigenvalue weighted by Gasteiger charge is -2.22. The molecule has 0 aromatic rings. The van der Waals surface area contributed by atoms with E-state index >= 15 is 0 Å². The molecular formula is C10H28N+. The summed E-state index contributed by atoms with van der Waals surface area (Å²) in [6.45, 7) is 11.5. The van der Waals surface area contributed by atoms with E-state index in [1.807, 2.05) is 27.7 Å². The second-order valence-electron chi connectivity index (χ2n) is 3.01. The molecule has 72 valence electrons. The predicted octanol–water partition coefficient (Wildman–Crippen LogP) is 3.16. The molecule has 0 aromatic heterocycles. The van der Waals surface area contributed by atoms with Crippen LogP contribution in [0.3, 0.4) is 0 Å². The van der Waals surface area contributed by atoms with Gasteiger partial charge in [-0.1, -0.05) is 34.6 Å². The van der Waals surface area contributed by atoms with Crippen LogP contribution in [0.4, 0.5) is 0 Å². The zero-order chi connectivity index (χ0) is 9.91. The van der Waals surface area contributed by atoms with E-state index in [4.69, 9.17) is 0 Å². The summed E-state index contributed by atoms with van der Waals surface area (Å²) in [6.07, 6.45) is 1.28. The van der Waals surface area contributed by atoms with Crippen LogP contribution in [0.2, 0.25) is 0 Å². The summed E-state index contributed by atoms with van der Waals surface area (Å²) in [4.78, 5) is 0.